The Morgan fingerprint density at radius 3 is 2.59 bits per heavy atom. The molecule has 3 N–H and O–H groups in total. The fourth-order valence-electron chi connectivity index (χ4n) is 2.82. The van der Waals surface area contributed by atoms with Crippen molar-refractivity contribution in [2.45, 2.75) is 39.5 Å². The van der Waals surface area contributed by atoms with Crippen molar-refractivity contribution in [3.05, 3.63) is 37.4 Å². The van der Waals surface area contributed by atoms with Gasteiger partial charge in [-0.05, 0) is 50.7 Å². The van der Waals surface area contributed by atoms with Gasteiger partial charge in [-0.15, -0.1) is 22.7 Å². The number of thiophene rings is 2. The van der Waals surface area contributed by atoms with E-state index in [1.54, 1.807) is 11.3 Å². The molecule has 0 atom stereocenters. The molecule has 0 unspecified atom stereocenters. The van der Waals surface area contributed by atoms with Gasteiger partial charge in [0.2, 0.25) is 0 Å². The second-order valence-electron chi connectivity index (χ2n) is 5.56. The van der Waals surface area contributed by atoms with Crippen LogP contribution in [-0.2, 0) is 12.8 Å². The number of nitrogens with one attached hydrogen (secondary N) is 1. The van der Waals surface area contributed by atoms with Crippen LogP contribution in [0, 0.1) is 13.8 Å². The summed E-state index contributed by atoms with van der Waals surface area (Å²) in [5.74, 6) is -0.615. The van der Waals surface area contributed by atoms with Crippen molar-refractivity contribution < 1.29 is 9.59 Å². The van der Waals surface area contributed by atoms with E-state index in [0.717, 1.165) is 41.7 Å². The number of aryl methyl sites for hydroxylation is 2. The fourth-order valence-corrected chi connectivity index (χ4v) is 4.98. The molecular formula is C16H18N2O2S2. The lowest BCUT2D eigenvalue weighted by molar-refractivity contribution is 0.100. The summed E-state index contributed by atoms with van der Waals surface area (Å²) in [6, 6.07) is 0. The molecule has 2 aromatic heterocycles. The predicted octanol–water partition coefficient (Wildman–Crippen LogP) is 3.66. The third kappa shape index (κ3) is 2.57. The number of anilines is 1. The van der Waals surface area contributed by atoms with Crippen molar-refractivity contribution in [2.24, 2.45) is 5.73 Å². The van der Waals surface area contributed by atoms with Crippen LogP contribution < -0.4 is 11.1 Å². The van der Waals surface area contributed by atoms with Crippen molar-refractivity contribution in [2.75, 3.05) is 5.32 Å². The number of carbonyl (C=O) groups excluding carboxylic acids is 2. The van der Waals surface area contributed by atoms with Crippen LogP contribution in [0.2, 0.25) is 0 Å². The maximum atomic E-state index is 12.5. The molecule has 2 heterocycles. The van der Waals surface area contributed by atoms with Gasteiger partial charge in [-0.3, -0.25) is 9.59 Å². The third-order valence-corrected chi connectivity index (χ3v) is 6.40. The first-order valence-electron chi connectivity index (χ1n) is 7.29. The summed E-state index contributed by atoms with van der Waals surface area (Å²) in [6.45, 7) is 3.94. The Hall–Kier alpha value is -1.66. The molecule has 3 rings (SSSR count). The van der Waals surface area contributed by atoms with Gasteiger partial charge in [0.05, 0.1) is 11.1 Å². The fraction of sp³-hybridized carbons (Fsp3) is 0.375. The number of hydrogen-bond donors (Lipinski definition) is 2. The number of carbonyl (C=O) groups is 2. The number of fused-ring (bicyclic) bond motifs is 1. The van der Waals surface area contributed by atoms with Crippen molar-refractivity contribution in [1.29, 1.82) is 0 Å². The van der Waals surface area contributed by atoms with Crippen LogP contribution in [0.15, 0.2) is 5.38 Å². The van der Waals surface area contributed by atoms with Gasteiger partial charge in [-0.25, -0.2) is 0 Å². The molecule has 1 aliphatic carbocycles. The monoisotopic (exact) mass is 334 g/mol. The summed E-state index contributed by atoms with van der Waals surface area (Å²) in [5.41, 5.74) is 8.76. The van der Waals surface area contributed by atoms with Gasteiger partial charge in [0, 0.05) is 15.1 Å². The predicted molar refractivity (Wildman–Crippen MR) is 91.2 cm³/mol. The normalized spacial score (nSPS) is 13.7. The topological polar surface area (TPSA) is 72.2 Å². The van der Waals surface area contributed by atoms with Gasteiger partial charge >= 0.3 is 0 Å². The third-order valence-electron chi connectivity index (χ3n) is 4.18. The second-order valence-corrected chi connectivity index (χ2v) is 7.75. The van der Waals surface area contributed by atoms with Gasteiger partial charge in [-0.1, -0.05) is 0 Å². The van der Waals surface area contributed by atoms with Gasteiger partial charge < -0.3 is 11.1 Å². The molecule has 1 aliphatic rings. The summed E-state index contributed by atoms with van der Waals surface area (Å²) in [7, 11) is 0. The number of nitrogens with two attached hydrogens (primary N) is 1. The zero-order chi connectivity index (χ0) is 15.9. The van der Waals surface area contributed by atoms with Crippen LogP contribution in [0.3, 0.4) is 0 Å². The molecule has 0 radical (unpaired) electrons. The Balaban J connectivity index is 1.95. The molecule has 0 aromatic carbocycles. The molecule has 6 heteroatoms. The Kier molecular flexibility index (Phi) is 4.06. The lowest BCUT2D eigenvalue weighted by atomic mass is 9.95. The zero-order valence-corrected chi connectivity index (χ0v) is 14.2. The molecule has 0 saturated heterocycles. The standard InChI is InChI=1S/C16H18N2O2S2/c1-8-9(2)21-7-11(8)15(20)18-16-13(14(17)19)10-5-3-4-6-12(10)22-16/h7H,3-6H2,1-2H3,(H2,17,19)(H,18,20). The first kappa shape index (κ1) is 15.2. The van der Waals surface area contributed by atoms with Gasteiger partial charge in [0.15, 0.2) is 0 Å². The minimum atomic E-state index is -0.451. The van der Waals surface area contributed by atoms with E-state index in [-0.39, 0.29) is 5.91 Å². The smallest absolute Gasteiger partial charge is 0.257 e. The summed E-state index contributed by atoms with van der Waals surface area (Å²) in [6.07, 6.45) is 4.03. The average molecular weight is 334 g/mol. The number of hydrogen-bond acceptors (Lipinski definition) is 4. The van der Waals surface area contributed by atoms with Crippen LogP contribution in [-0.4, -0.2) is 11.8 Å². The van der Waals surface area contributed by atoms with E-state index in [1.165, 1.54) is 16.2 Å². The molecule has 22 heavy (non-hydrogen) atoms. The molecule has 0 fully saturated rings. The van der Waals surface area contributed by atoms with E-state index >= 15 is 0 Å². The second kappa shape index (κ2) is 5.85. The van der Waals surface area contributed by atoms with Crippen LogP contribution in [0.25, 0.3) is 0 Å². The molecule has 4 nitrogen and oxygen atoms in total. The zero-order valence-electron chi connectivity index (χ0n) is 12.6. The molecule has 0 bridgehead atoms. The number of rotatable bonds is 3. The highest BCUT2D eigenvalue weighted by atomic mass is 32.1. The maximum Gasteiger partial charge on any atom is 0.257 e. The first-order valence-corrected chi connectivity index (χ1v) is 8.99. The van der Waals surface area contributed by atoms with Crippen molar-refractivity contribution in [3.8, 4) is 0 Å². The summed E-state index contributed by atoms with van der Waals surface area (Å²) >= 11 is 3.06. The summed E-state index contributed by atoms with van der Waals surface area (Å²) in [5, 5.41) is 5.37. The van der Waals surface area contributed by atoms with Crippen molar-refractivity contribution in [3.63, 3.8) is 0 Å². The highest BCUT2D eigenvalue weighted by molar-refractivity contribution is 7.17. The quantitative estimate of drug-likeness (QED) is 0.899. The van der Waals surface area contributed by atoms with E-state index in [0.29, 0.717) is 16.1 Å². The van der Waals surface area contributed by atoms with Crippen LogP contribution in [0.5, 0.6) is 0 Å². The molecule has 2 aromatic rings. The lowest BCUT2D eigenvalue weighted by Gasteiger charge is -2.11. The highest BCUT2D eigenvalue weighted by Crippen LogP contribution is 2.38. The van der Waals surface area contributed by atoms with E-state index in [1.807, 2.05) is 19.2 Å². The maximum absolute atomic E-state index is 12.5. The van der Waals surface area contributed by atoms with Crippen LogP contribution in [0.1, 0.15) is 54.4 Å². The lowest BCUT2D eigenvalue weighted by Crippen LogP contribution is -2.18. The first-order chi connectivity index (χ1) is 10.5. The van der Waals surface area contributed by atoms with E-state index in [2.05, 4.69) is 5.32 Å². The molecule has 116 valence electrons. The van der Waals surface area contributed by atoms with Crippen molar-refractivity contribution in [1.82, 2.24) is 0 Å². The Bertz CT molecular complexity index is 759. The molecule has 0 saturated carbocycles. The Morgan fingerprint density at radius 1 is 1.23 bits per heavy atom. The number of amides is 2. The van der Waals surface area contributed by atoms with E-state index < -0.39 is 5.91 Å². The van der Waals surface area contributed by atoms with Crippen LogP contribution >= 0.6 is 22.7 Å². The average Bonchev–Trinajstić information content (AvgIpc) is 2.99. The Labute approximate surface area is 137 Å². The van der Waals surface area contributed by atoms with Crippen LogP contribution in [0.4, 0.5) is 5.00 Å². The van der Waals surface area contributed by atoms with Gasteiger partial charge in [-0.2, -0.15) is 0 Å². The largest absolute Gasteiger partial charge is 0.365 e. The summed E-state index contributed by atoms with van der Waals surface area (Å²) in [4.78, 5) is 26.6. The van der Waals surface area contributed by atoms with E-state index in [4.69, 9.17) is 5.73 Å². The highest BCUT2D eigenvalue weighted by Gasteiger charge is 2.25. The summed E-state index contributed by atoms with van der Waals surface area (Å²) < 4.78 is 0. The minimum absolute atomic E-state index is 0.164. The molecular weight excluding hydrogens is 316 g/mol. The molecule has 0 aliphatic heterocycles. The Morgan fingerprint density at radius 2 is 1.95 bits per heavy atom. The molecule has 0 spiro atoms. The molecule has 2 amide bonds. The van der Waals surface area contributed by atoms with E-state index in [9.17, 15) is 9.59 Å². The van der Waals surface area contributed by atoms with Gasteiger partial charge in [0.25, 0.3) is 11.8 Å². The van der Waals surface area contributed by atoms with Crippen molar-refractivity contribution >= 4 is 39.5 Å². The number of primary amides is 1. The minimum Gasteiger partial charge on any atom is -0.365 e. The van der Waals surface area contributed by atoms with Gasteiger partial charge in [0.1, 0.15) is 5.00 Å². The SMILES string of the molecule is Cc1scc(C(=O)Nc2sc3c(c2C(N)=O)CCCC3)c1C.